The van der Waals surface area contributed by atoms with Gasteiger partial charge in [-0.3, -0.25) is 14.5 Å². The Morgan fingerprint density at radius 3 is 1.97 bits per heavy atom. The van der Waals surface area contributed by atoms with E-state index < -0.39 is 18.3 Å². The molecule has 0 N–H and O–H groups in total. The molecule has 0 radical (unpaired) electrons. The van der Waals surface area contributed by atoms with E-state index in [4.69, 9.17) is 13.8 Å². The highest BCUT2D eigenvalue weighted by Gasteiger charge is 2.51. The summed E-state index contributed by atoms with van der Waals surface area (Å²) in [5.74, 6) is -0.0824. The fourth-order valence-electron chi connectivity index (χ4n) is 4.11. The molecule has 3 aromatic rings. The summed E-state index contributed by atoms with van der Waals surface area (Å²) in [6.45, 7) is 9.97. The monoisotopic (exact) mass is 444 g/mol. The molecular formula is C25H25BN2O5. The Hall–Kier alpha value is -3.23. The number of amides is 2. The van der Waals surface area contributed by atoms with Gasteiger partial charge in [-0.05, 0) is 52.2 Å². The maximum absolute atomic E-state index is 12.8. The molecule has 2 aliphatic heterocycles. The Labute approximate surface area is 192 Å². The summed E-state index contributed by atoms with van der Waals surface area (Å²) in [7, 11) is -0.460. The minimum atomic E-state index is -0.460. The highest BCUT2D eigenvalue weighted by Crippen LogP contribution is 2.37. The molecule has 1 saturated heterocycles. The largest absolute Gasteiger partial charge is 0.494 e. The van der Waals surface area contributed by atoms with Crippen molar-refractivity contribution in [2.45, 2.75) is 52.4 Å². The van der Waals surface area contributed by atoms with Crippen molar-refractivity contribution < 1.29 is 23.4 Å². The van der Waals surface area contributed by atoms with Gasteiger partial charge in [0.15, 0.2) is 5.76 Å². The van der Waals surface area contributed by atoms with Crippen molar-refractivity contribution >= 4 is 24.4 Å². The minimum absolute atomic E-state index is 0.0932. The van der Waals surface area contributed by atoms with Gasteiger partial charge in [-0.2, -0.15) is 0 Å². The van der Waals surface area contributed by atoms with E-state index in [0.717, 1.165) is 11.0 Å². The van der Waals surface area contributed by atoms with Crippen LogP contribution in [0.25, 0.3) is 11.3 Å². The van der Waals surface area contributed by atoms with E-state index in [1.165, 1.54) is 4.90 Å². The molecule has 7 nitrogen and oxygen atoms in total. The van der Waals surface area contributed by atoms with Gasteiger partial charge in [0.1, 0.15) is 0 Å². The summed E-state index contributed by atoms with van der Waals surface area (Å²) in [5.41, 5.74) is 3.04. The standard InChI is InChI=1S/C25H25BN2O5/c1-15-20(14-28-22(29)18-8-6-7-9-19(18)23(28)30)21(31-27-15)16-10-12-17(13-11-16)26-32-24(2,3)25(4,5)33-26/h6-13H,14H2,1-5H3. The molecule has 8 heteroatoms. The summed E-state index contributed by atoms with van der Waals surface area (Å²) >= 11 is 0. The number of carbonyl (C=O) groups is 2. The Bertz CT molecular complexity index is 1210. The van der Waals surface area contributed by atoms with Crippen molar-refractivity contribution in [2.24, 2.45) is 0 Å². The second-order valence-corrected chi connectivity index (χ2v) is 9.53. The van der Waals surface area contributed by atoms with Crippen LogP contribution in [0.2, 0.25) is 0 Å². The van der Waals surface area contributed by atoms with E-state index in [9.17, 15) is 9.59 Å². The average Bonchev–Trinajstić information content (AvgIpc) is 3.34. The Morgan fingerprint density at radius 1 is 0.879 bits per heavy atom. The summed E-state index contributed by atoms with van der Waals surface area (Å²) in [5, 5.41) is 4.10. The first-order valence-electron chi connectivity index (χ1n) is 11.0. The van der Waals surface area contributed by atoms with Gasteiger partial charge in [0.05, 0.1) is 34.6 Å². The summed E-state index contributed by atoms with van der Waals surface area (Å²) in [4.78, 5) is 26.9. The minimum Gasteiger partial charge on any atom is -0.399 e. The molecule has 0 atom stereocenters. The number of hydrogen-bond acceptors (Lipinski definition) is 6. The van der Waals surface area contributed by atoms with Crippen molar-refractivity contribution in [1.29, 1.82) is 0 Å². The van der Waals surface area contributed by atoms with Crippen molar-refractivity contribution in [3.8, 4) is 11.3 Å². The number of nitrogens with zero attached hydrogens (tertiary/aromatic N) is 2. The van der Waals surface area contributed by atoms with Crippen LogP contribution >= 0.6 is 0 Å². The predicted molar refractivity (Wildman–Crippen MR) is 123 cm³/mol. The number of imide groups is 1. The topological polar surface area (TPSA) is 81.9 Å². The lowest BCUT2D eigenvalue weighted by molar-refractivity contribution is 0.00578. The Morgan fingerprint density at radius 2 is 1.42 bits per heavy atom. The lowest BCUT2D eigenvalue weighted by atomic mass is 9.78. The molecule has 3 heterocycles. The van der Waals surface area contributed by atoms with E-state index in [2.05, 4.69) is 5.16 Å². The van der Waals surface area contributed by atoms with Crippen LogP contribution in [0.5, 0.6) is 0 Å². The van der Waals surface area contributed by atoms with Gasteiger partial charge >= 0.3 is 7.12 Å². The van der Waals surface area contributed by atoms with Gasteiger partial charge in [-0.1, -0.05) is 41.6 Å². The maximum atomic E-state index is 12.8. The molecule has 0 spiro atoms. The van der Waals surface area contributed by atoms with E-state index in [-0.39, 0.29) is 18.4 Å². The molecule has 1 fully saturated rings. The van der Waals surface area contributed by atoms with Crippen LogP contribution < -0.4 is 5.46 Å². The number of benzene rings is 2. The van der Waals surface area contributed by atoms with Crippen LogP contribution in [0.3, 0.4) is 0 Å². The lowest BCUT2D eigenvalue weighted by Gasteiger charge is -2.32. The highest BCUT2D eigenvalue weighted by atomic mass is 16.7. The molecule has 0 bridgehead atoms. The van der Waals surface area contributed by atoms with E-state index in [1.807, 2.05) is 52.0 Å². The smallest absolute Gasteiger partial charge is 0.399 e. The van der Waals surface area contributed by atoms with Gasteiger partial charge in [-0.25, -0.2) is 0 Å². The molecule has 5 rings (SSSR count). The zero-order valence-electron chi connectivity index (χ0n) is 19.3. The molecule has 0 saturated carbocycles. The van der Waals surface area contributed by atoms with Crippen LogP contribution in [0.4, 0.5) is 0 Å². The number of fused-ring (bicyclic) bond motifs is 1. The fourth-order valence-corrected chi connectivity index (χ4v) is 4.11. The van der Waals surface area contributed by atoms with E-state index >= 15 is 0 Å². The molecule has 1 aromatic heterocycles. The number of aromatic nitrogens is 1. The van der Waals surface area contributed by atoms with Crippen molar-refractivity contribution in [1.82, 2.24) is 10.1 Å². The van der Waals surface area contributed by atoms with Crippen LogP contribution in [0.1, 0.15) is 59.7 Å². The van der Waals surface area contributed by atoms with Crippen LogP contribution in [-0.2, 0) is 15.9 Å². The van der Waals surface area contributed by atoms with Crippen molar-refractivity contribution in [2.75, 3.05) is 0 Å². The van der Waals surface area contributed by atoms with Crippen LogP contribution in [-0.4, -0.2) is 40.2 Å². The van der Waals surface area contributed by atoms with Gasteiger partial charge in [0.25, 0.3) is 11.8 Å². The van der Waals surface area contributed by atoms with Crippen LogP contribution in [0, 0.1) is 6.92 Å². The fraction of sp³-hybridized carbons (Fsp3) is 0.320. The Kier molecular flexibility index (Phi) is 4.85. The molecule has 2 amide bonds. The van der Waals surface area contributed by atoms with Crippen molar-refractivity contribution in [3.63, 3.8) is 0 Å². The first-order chi connectivity index (χ1) is 15.6. The quantitative estimate of drug-likeness (QED) is 0.451. The number of hydrogen-bond donors (Lipinski definition) is 0. The first kappa shape index (κ1) is 21.6. The van der Waals surface area contributed by atoms with E-state index in [0.29, 0.717) is 28.1 Å². The highest BCUT2D eigenvalue weighted by molar-refractivity contribution is 6.62. The lowest BCUT2D eigenvalue weighted by Crippen LogP contribution is -2.41. The SMILES string of the molecule is Cc1noc(-c2ccc(B3OC(C)(C)C(C)(C)O3)cc2)c1CN1C(=O)c2ccccc2C1=O. The second kappa shape index (κ2) is 7.40. The molecule has 168 valence electrons. The number of carbonyl (C=O) groups excluding carboxylic acids is 2. The molecule has 0 unspecified atom stereocenters. The molecule has 33 heavy (non-hydrogen) atoms. The van der Waals surface area contributed by atoms with Gasteiger partial charge in [-0.15, -0.1) is 0 Å². The molecular weight excluding hydrogens is 419 g/mol. The molecule has 2 aliphatic rings. The zero-order chi connectivity index (χ0) is 23.5. The third-order valence-corrected chi connectivity index (χ3v) is 6.88. The van der Waals surface area contributed by atoms with Crippen molar-refractivity contribution in [3.05, 3.63) is 70.9 Å². The summed E-state index contributed by atoms with van der Waals surface area (Å²) < 4.78 is 17.9. The van der Waals surface area contributed by atoms with Crippen LogP contribution in [0.15, 0.2) is 53.1 Å². The third kappa shape index (κ3) is 3.41. The first-order valence-corrected chi connectivity index (χ1v) is 11.0. The zero-order valence-corrected chi connectivity index (χ0v) is 19.3. The van der Waals surface area contributed by atoms with E-state index in [1.54, 1.807) is 31.2 Å². The third-order valence-electron chi connectivity index (χ3n) is 6.88. The Balaban J connectivity index is 1.40. The summed E-state index contributed by atoms with van der Waals surface area (Å²) in [6.07, 6.45) is 0. The van der Waals surface area contributed by atoms with Gasteiger partial charge in [0, 0.05) is 11.1 Å². The van der Waals surface area contributed by atoms with Gasteiger partial charge in [0.2, 0.25) is 0 Å². The predicted octanol–water partition coefficient (Wildman–Crippen LogP) is 3.75. The van der Waals surface area contributed by atoms with Gasteiger partial charge < -0.3 is 13.8 Å². The molecule has 2 aromatic carbocycles. The maximum Gasteiger partial charge on any atom is 0.494 e. The second-order valence-electron chi connectivity index (χ2n) is 9.53. The molecule has 0 aliphatic carbocycles. The summed E-state index contributed by atoms with van der Waals surface area (Å²) in [6, 6.07) is 14.5. The normalized spacial score (nSPS) is 18.8. The average molecular weight is 444 g/mol. The number of aryl methyl sites for hydroxylation is 1. The number of rotatable bonds is 4.